The second kappa shape index (κ2) is 8.25. The lowest BCUT2D eigenvalue weighted by molar-refractivity contribution is 0.237. The molecule has 0 aromatic heterocycles. The molecule has 0 aliphatic carbocycles. The summed E-state index contributed by atoms with van der Waals surface area (Å²) < 4.78 is 5.20. The first-order valence-corrected chi connectivity index (χ1v) is 8.04. The number of ether oxygens (including phenoxy) is 1. The summed E-state index contributed by atoms with van der Waals surface area (Å²) in [5.41, 5.74) is 1.19. The molecule has 118 valence electrons. The van der Waals surface area contributed by atoms with E-state index in [2.05, 4.69) is 17.1 Å². The van der Waals surface area contributed by atoms with Crippen LogP contribution < -0.4 is 10.1 Å². The number of aromatic hydroxyl groups is 1. The van der Waals surface area contributed by atoms with Gasteiger partial charge in [0.2, 0.25) is 0 Å². The maximum atomic E-state index is 9.69. The molecule has 1 saturated heterocycles. The van der Waals surface area contributed by atoms with Crippen LogP contribution in [-0.4, -0.2) is 42.8 Å². The first kappa shape index (κ1) is 16.1. The molecule has 0 amide bonds. The average molecular weight is 292 g/mol. The van der Waals surface area contributed by atoms with Crippen molar-refractivity contribution in [1.29, 1.82) is 0 Å². The van der Waals surface area contributed by atoms with Crippen LogP contribution >= 0.6 is 0 Å². The van der Waals surface area contributed by atoms with Crippen LogP contribution in [0.2, 0.25) is 0 Å². The molecule has 0 spiro atoms. The van der Waals surface area contributed by atoms with Crippen LogP contribution in [0.3, 0.4) is 0 Å². The largest absolute Gasteiger partial charge is 0.504 e. The average Bonchev–Trinajstić information content (AvgIpc) is 2.99. The Kier molecular flexibility index (Phi) is 6.33. The second-order valence-electron chi connectivity index (χ2n) is 5.89. The maximum Gasteiger partial charge on any atom is 0.160 e. The number of nitrogens with zero attached hydrogens (tertiary/aromatic N) is 1. The summed E-state index contributed by atoms with van der Waals surface area (Å²) in [5.74, 6) is 0.765. The van der Waals surface area contributed by atoms with Crippen molar-refractivity contribution in [2.75, 3.05) is 26.7 Å². The van der Waals surface area contributed by atoms with Gasteiger partial charge in [-0.1, -0.05) is 19.4 Å². The summed E-state index contributed by atoms with van der Waals surface area (Å²) >= 11 is 0. The van der Waals surface area contributed by atoms with Crippen molar-refractivity contribution in [1.82, 2.24) is 10.2 Å². The summed E-state index contributed by atoms with van der Waals surface area (Å²) in [6, 6.07) is 6.27. The van der Waals surface area contributed by atoms with E-state index in [0.717, 1.165) is 26.2 Å². The van der Waals surface area contributed by atoms with Crippen LogP contribution in [0.4, 0.5) is 0 Å². The number of hydrogen-bond acceptors (Lipinski definition) is 4. The molecule has 1 heterocycles. The van der Waals surface area contributed by atoms with Crippen molar-refractivity contribution < 1.29 is 9.84 Å². The number of nitrogens with one attached hydrogen (secondary N) is 1. The molecule has 1 aromatic rings. The van der Waals surface area contributed by atoms with E-state index < -0.39 is 0 Å². The summed E-state index contributed by atoms with van der Waals surface area (Å²) in [7, 11) is 1.59. The lowest BCUT2D eigenvalue weighted by atomic mass is 10.1. The fourth-order valence-electron chi connectivity index (χ4n) is 2.92. The van der Waals surface area contributed by atoms with E-state index in [1.807, 2.05) is 12.1 Å². The Morgan fingerprint density at radius 1 is 1.43 bits per heavy atom. The Labute approximate surface area is 128 Å². The molecular formula is C17H28N2O2. The van der Waals surface area contributed by atoms with Crippen LogP contribution in [0.1, 0.15) is 38.2 Å². The Hall–Kier alpha value is -1.26. The Morgan fingerprint density at radius 3 is 2.95 bits per heavy atom. The molecule has 0 radical (unpaired) electrons. The molecule has 4 nitrogen and oxygen atoms in total. The van der Waals surface area contributed by atoms with Crippen molar-refractivity contribution in [3.05, 3.63) is 23.8 Å². The van der Waals surface area contributed by atoms with Crippen molar-refractivity contribution in [3.63, 3.8) is 0 Å². The molecule has 1 aliphatic heterocycles. The zero-order valence-electron chi connectivity index (χ0n) is 13.3. The SMILES string of the molecule is CCCCN(Cc1ccc(O)c(OC)c1)CC1CCCN1. The zero-order chi connectivity index (χ0) is 15.1. The predicted molar refractivity (Wildman–Crippen MR) is 85.9 cm³/mol. The third kappa shape index (κ3) is 4.90. The first-order chi connectivity index (χ1) is 10.2. The highest BCUT2D eigenvalue weighted by atomic mass is 16.5. The molecule has 1 fully saturated rings. The zero-order valence-corrected chi connectivity index (χ0v) is 13.3. The van der Waals surface area contributed by atoms with E-state index in [-0.39, 0.29) is 5.75 Å². The molecule has 4 heteroatoms. The fraction of sp³-hybridized carbons (Fsp3) is 0.647. The van der Waals surface area contributed by atoms with Gasteiger partial charge in [-0.2, -0.15) is 0 Å². The van der Waals surface area contributed by atoms with E-state index in [4.69, 9.17) is 4.74 Å². The molecule has 1 aliphatic rings. The maximum absolute atomic E-state index is 9.69. The van der Waals surface area contributed by atoms with E-state index in [0.29, 0.717) is 11.8 Å². The standard InChI is InChI=1S/C17H28N2O2/c1-3-4-10-19(13-15-6-5-9-18-15)12-14-7-8-16(20)17(11-14)21-2/h7-8,11,15,18,20H,3-6,9-10,12-13H2,1-2H3. The van der Waals surface area contributed by atoms with Gasteiger partial charge >= 0.3 is 0 Å². The number of unbranched alkanes of at least 4 members (excludes halogenated alkanes) is 1. The Morgan fingerprint density at radius 2 is 2.29 bits per heavy atom. The summed E-state index contributed by atoms with van der Waals surface area (Å²) in [5, 5.41) is 13.3. The van der Waals surface area contributed by atoms with Crippen LogP contribution in [0, 0.1) is 0 Å². The highest BCUT2D eigenvalue weighted by Crippen LogP contribution is 2.27. The number of phenols is 1. The van der Waals surface area contributed by atoms with E-state index in [9.17, 15) is 5.11 Å². The smallest absolute Gasteiger partial charge is 0.160 e. The summed E-state index contributed by atoms with van der Waals surface area (Å²) in [6.45, 7) is 6.52. The van der Waals surface area contributed by atoms with Gasteiger partial charge in [0.25, 0.3) is 0 Å². The van der Waals surface area contributed by atoms with Gasteiger partial charge in [0, 0.05) is 19.1 Å². The molecule has 2 rings (SSSR count). The van der Waals surface area contributed by atoms with Crippen LogP contribution in [0.5, 0.6) is 11.5 Å². The quantitative estimate of drug-likeness (QED) is 0.773. The number of hydrogen-bond donors (Lipinski definition) is 2. The normalized spacial score (nSPS) is 18.3. The number of rotatable bonds is 8. The first-order valence-electron chi connectivity index (χ1n) is 8.04. The van der Waals surface area contributed by atoms with Gasteiger partial charge in [-0.15, -0.1) is 0 Å². The molecule has 0 bridgehead atoms. The molecular weight excluding hydrogens is 264 g/mol. The number of phenolic OH excluding ortho intramolecular Hbond substituents is 1. The third-order valence-corrected chi connectivity index (χ3v) is 4.12. The number of benzene rings is 1. The van der Waals surface area contributed by atoms with Crippen molar-refractivity contribution in [2.45, 2.75) is 45.2 Å². The van der Waals surface area contributed by atoms with Gasteiger partial charge in [-0.05, 0) is 50.0 Å². The van der Waals surface area contributed by atoms with E-state index in [1.165, 1.54) is 31.2 Å². The van der Waals surface area contributed by atoms with Gasteiger partial charge in [0.05, 0.1) is 7.11 Å². The molecule has 1 atom stereocenters. The fourth-order valence-corrected chi connectivity index (χ4v) is 2.92. The van der Waals surface area contributed by atoms with E-state index in [1.54, 1.807) is 13.2 Å². The number of methoxy groups -OCH3 is 1. The lowest BCUT2D eigenvalue weighted by Crippen LogP contribution is -2.37. The van der Waals surface area contributed by atoms with Gasteiger partial charge in [0.1, 0.15) is 0 Å². The van der Waals surface area contributed by atoms with Gasteiger partial charge in [-0.3, -0.25) is 4.90 Å². The van der Waals surface area contributed by atoms with Crippen molar-refractivity contribution in [2.24, 2.45) is 0 Å². The third-order valence-electron chi connectivity index (χ3n) is 4.12. The molecule has 1 aromatic carbocycles. The minimum absolute atomic E-state index is 0.207. The van der Waals surface area contributed by atoms with Crippen molar-refractivity contribution >= 4 is 0 Å². The van der Waals surface area contributed by atoms with Gasteiger partial charge < -0.3 is 15.2 Å². The van der Waals surface area contributed by atoms with Gasteiger partial charge in [-0.25, -0.2) is 0 Å². The lowest BCUT2D eigenvalue weighted by Gasteiger charge is -2.26. The van der Waals surface area contributed by atoms with Crippen molar-refractivity contribution in [3.8, 4) is 11.5 Å². The Balaban J connectivity index is 1.98. The molecule has 1 unspecified atom stereocenters. The monoisotopic (exact) mass is 292 g/mol. The minimum atomic E-state index is 0.207. The molecule has 2 N–H and O–H groups in total. The molecule has 21 heavy (non-hydrogen) atoms. The summed E-state index contributed by atoms with van der Waals surface area (Å²) in [4.78, 5) is 2.51. The van der Waals surface area contributed by atoms with Crippen LogP contribution in [0.25, 0.3) is 0 Å². The van der Waals surface area contributed by atoms with Gasteiger partial charge in [0.15, 0.2) is 11.5 Å². The topological polar surface area (TPSA) is 44.7 Å². The van der Waals surface area contributed by atoms with E-state index >= 15 is 0 Å². The van der Waals surface area contributed by atoms with Crippen LogP contribution in [-0.2, 0) is 6.54 Å². The molecule has 0 saturated carbocycles. The summed E-state index contributed by atoms with van der Waals surface area (Å²) in [6.07, 6.45) is 5.01. The Bertz CT molecular complexity index is 431. The minimum Gasteiger partial charge on any atom is -0.504 e. The highest BCUT2D eigenvalue weighted by molar-refractivity contribution is 5.41. The second-order valence-corrected chi connectivity index (χ2v) is 5.89. The predicted octanol–water partition coefficient (Wildman–Crippen LogP) is 2.75. The van der Waals surface area contributed by atoms with Crippen LogP contribution in [0.15, 0.2) is 18.2 Å². The highest BCUT2D eigenvalue weighted by Gasteiger charge is 2.18.